The van der Waals surface area contributed by atoms with Crippen molar-refractivity contribution in [3.63, 3.8) is 0 Å². The molecule has 0 amide bonds. The molecule has 0 spiro atoms. The third-order valence-corrected chi connectivity index (χ3v) is 4.99. The smallest absolute Gasteiger partial charge is 0.0997 e. The number of aliphatic hydroxyl groups excluding tert-OH is 1. The van der Waals surface area contributed by atoms with E-state index in [0.29, 0.717) is 11.8 Å². The average Bonchev–Trinajstić information content (AvgIpc) is 3.41. The van der Waals surface area contributed by atoms with Gasteiger partial charge in [-0.1, -0.05) is 6.07 Å². The summed E-state index contributed by atoms with van der Waals surface area (Å²) in [7, 11) is 0. The van der Waals surface area contributed by atoms with Crippen molar-refractivity contribution in [2.45, 2.75) is 31.7 Å². The number of aromatic nitrogens is 2. The van der Waals surface area contributed by atoms with Crippen molar-refractivity contribution in [1.82, 2.24) is 9.97 Å². The predicted molar refractivity (Wildman–Crippen MR) is 95.5 cm³/mol. The summed E-state index contributed by atoms with van der Waals surface area (Å²) in [5.41, 5.74) is 9.90. The van der Waals surface area contributed by atoms with Gasteiger partial charge >= 0.3 is 0 Å². The Morgan fingerprint density at radius 3 is 2.83 bits per heavy atom. The van der Waals surface area contributed by atoms with Gasteiger partial charge < -0.3 is 10.8 Å². The molecule has 3 N–H and O–H groups in total. The molecule has 2 heterocycles. The molecule has 2 fully saturated rings. The zero-order chi connectivity index (χ0) is 16.5. The second-order valence-corrected chi connectivity index (χ2v) is 6.83. The fraction of sp³-hybridized carbons (Fsp3) is 0.421. The summed E-state index contributed by atoms with van der Waals surface area (Å²) in [5, 5.41) is 10.2. The Labute approximate surface area is 141 Å². The first-order valence-electron chi connectivity index (χ1n) is 8.60. The van der Waals surface area contributed by atoms with E-state index in [-0.39, 0.29) is 12.6 Å². The molecule has 2 aromatic heterocycles. The van der Waals surface area contributed by atoms with E-state index in [4.69, 9.17) is 15.8 Å². The Hall–Kier alpha value is -2.27. The van der Waals surface area contributed by atoms with E-state index >= 15 is 0 Å². The van der Waals surface area contributed by atoms with Gasteiger partial charge in [-0.2, -0.15) is 0 Å². The number of allylic oxidation sites excluding steroid dienone is 2. The number of fused-ring (bicyclic) bond motifs is 1. The minimum atomic E-state index is 0.258. The SMILES string of the molecule is NC(=C(C=NC1CC(CO)C1)c1nccc2cccnc12)C1CC1. The van der Waals surface area contributed by atoms with Gasteiger partial charge in [0.05, 0.1) is 17.3 Å². The molecule has 0 saturated heterocycles. The lowest BCUT2D eigenvalue weighted by atomic mass is 9.81. The Morgan fingerprint density at radius 2 is 2.08 bits per heavy atom. The summed E-state index contributed by atoms with van der Waals surface area (Å²) in [6.45, 7) is 0.258. The minimum Gasteiger partial charge on any atom is -0.401 e. The van der Waals surface area contributed by atoms with Gasteiger partial charge in [0.1, 0.15) is 0 Å². The van der Waals surface area contributed by atoms with Crippen molar-refractivity contribution < 1.29 is 5.11 Å². The van der Waals surface area contributed by atoms with Gasteiger partial charge in [0.2, 0.25) is 0 Å². The van der Waals surface area contributed by atoms with Crippen molar-refractivity contribution in [2.24, 2.45) is 22.6 Å². The molecule has 0 bridgehead atoms. The molecule has 24 heavy (non-hydrogen) atoms. The standard InChI is InChI=1S/C19H22N4O/c20-17(13-3-4-13)16(10-23-15-8-12(9-15)11-24)19-18-14(5-7-22-19)2-1-6-21-18/h1-2,5-7,10,12-13,15,24H,3-4,8-9,11,20H2. The highest BCUT2D eigenvalue weighted by molar-refractivity contribution is 6.14. The molecule has 4 rings (SSSR count). The number of nitrogens with zero attached hydrogens (tertiary/aromatic N) is 3. The van der Waals surface area contributed by atoms with Crippen molar-refractivity contribution in [2.75, 3.05) is 6.61 Å². The maximum Gasteiger partial charge on any atom is 0.0997 e. The number of aliphatic hydroxyl groups is 1. The van der Waals surface area contributed by atoms with Crippen molar-refractivity contribution in [1.29, 1.82) is 0 Å². The molecule has 0 atom stereocenters. The average molecular weight is 322 g/mol. The highest BCUT2D eigenvalue weighted by Crippen LogP contribution is 2.38. The van der Waals surface area contributed by atoms with Gasteiger partial charge in [-0.25, -0.2) is 0 Å². The molecule has 2 saturated carbocycles. The molecule has 2 aliphatic carbocycles. The molecule has 2 aromatic rings. The van der Waals surface area contributed by atoms with Gasteiger partial charge in [0.25, 0.3) is 0 Å². The summed E-state index contributed by atoms with van der Waals surface area (Å²) in [4.78, 5) is 13.8. The summed E-state index contributed by atoms with van der Waals surface area (Å²) < 4.78 is 0. The van der Waals surface area contributed by atoms with E-state index in [1.54, 1.807) is 12.4 Å². The first-order chi connectivity index (χ1) is 11.8. The topological polar surface area (TPSA) is 84.4 Å². The summed E-state index contributed by atoms with van der Waals surface area (Å²) in [6.07, 6.45) is 9.65. The molecule has 0 radical (unpaired) electrons. The molecule has 0 unspecified atom stereocenters. The Bertz CT molecular complexity index is 799. The van der Waals surface area contributed by atoms with Crippen molar-refractivity contribution in [3.05, 3.63) is 42.0 Å². The Kier molecular flexibility index (Phi) is 4.02. The monoisotopic (exact) mass is 322 g/mol. The quantitative estimate of drug-likeness (QED) is 0.829. The lowest BCUT2D eigenvalue weighted by Crippen LogP contribution is -2.29. The van der Waals surface area contributed by atoms with Crippen LogP contribution in [0.4, 0.5) is 0 Å². The second-order valence-electron chi connectivity index (χ2n) is 6.83. The fourth-order valence-corrected chi connectivity index (χ4v) is 3.24. The number of pyridine rings is 2. The van der Waals surface area contributed by atoms with Crippen LogP contribution in [0.3, 0.4) is 0 Å². The van der Waals surface area contributed by atoms with E-state index in [0.717, 1.165) is 53.6 Å². The lowest BCUT2D eigenvalue weighted by molar-refractivity contribution is 0.145. The van der Waals surface area contributed by atoms with Gasteiger partial charge in [-0.15, -0.1) is 0 Å². The van der Waals surface area contributed by atoms with Crippen LogP contribution in [0.25, 0.3) is 16.5 Å². The maximum atomic E-state index is 9.15. The zero-order valence-electron chi connectivity index (χ0n) is 13.6. The van der Waals surface area contributed by atoms with E-state index < -0.39 is 0 Å². The number of nitrogens with two attached hydrogens (primary N) is 1. The summed E-state index contributed by atoms with van der Waals surface area (Å²) in [6, 6.07) is 6.21. The molecule has 124 valence electrons. The third kappa shape index (κ3) is 2.91. The fourth-order valence-electron chi connectivity index (χ4n) is 3.24. The number of hydrogen-bond acceptors (Lipinski definition) is 5. The van der Waals surface area contributed by atoms with Crippen LogP contribution in [-0.2, 0) is 0 Å². The Balaban J connectivity index is 1.71. The van der Waals surface area contributed by atoms with E-state index in [2.05, 4.69) is 9.97 Å². The van der Waals surface area contributed by atoms with Crippen LogP contribution in [-0.4, -0.2) is 33.9 Å². The Morgan fingerprint density at radius 1 is 1.25 bits per heavy atom. The number of hydrogen-bond donors (Lipinski definition) is 2. The maximum absolute atomic E-state index is 9.15. The van der Waals surface area contributed by atoms with Crippen molar-refractivity contribution in [3.8, 4) is 0 Å². The van der Waals surface area contributed by atoms with Crippen LogP contribution in [0, 0.1) is 11.8 Å². The normalized spacial score (nSPS) is 24.9. The van der Waals surface area contributed by atoms with Crippen LogP contribution in [0.1, 0.15) is 31.4 Å². The molecule has 2 aliphatic rings. The minimum absolute atomic E-state index is 0.258. The van der Waals surface area contributed by atoms with Crippen LogP contribution in [0.2, 0.25) is 0 Å². The van der Waals surface area contributed by atoms with Gasteiger partial charge in [-0.05, 0) is 49.7 Å². The number of rotatable bonds is 5. The van der Waals surface area contributed by atoms with E-state index in [9.17, 15) is 0 Å². The zero-order valence-corrected chi connectivity index (χ0v) is 13.6. The second kappa shape index (κ2) is 6.32. The first kappa shape index (κ1) is 15.3. The van der Waals surface area contributed by atoms with Crippen LogP contribution < -0.4 is 5.73 Å². The molecular weight excluding hydrogens is 300 g/mol. The molecule has 0 aliphatic heterocycles. The van der Waals surface area contributed by atoms with Gasteiger partial charge in [0.15, 0.2) is 0 Å². The first-order valence-corrected chi connectivity index (χ1v) is 8.60. The van der Waals surface area contributed by atoms with Crippen LogP contribution in [0.15, 0.2) is 41.3 Å². The highest BCUT2D eigenvalue weighted by atomic mass is 16.3. The highest BCUT2D eigenvalue weighted by Gasteiger charge is 2.29. The van der Waals surface area contributed by atoms with E-state index in [1.165, 1.54) is 0 Å². The molecule has 5 nitrogen and oxygen atoms in total. The summed E-state index contributed by atoms with van der Waals surface area (Å²) in [5.74, 6) is 0.844. The largest absolute Gasteiger partial charge is 0.401 e. The molecule has 5 heteroatoms. The number of aliphatic imine (C=N–C) groups is 1. The van der Waals surface area contributed by atoms with Crippen LogP contribution >= 0.6 is 0 Å². The molecule has 0 aromatic carbocycles. The predicted octanol–water partition coefficient (Wildman–Crippen LogP) is 2.55. The lowest BCUT2D eigenvalue weighted by Gasteiger charge is -2.30. The third-order valence-electron chi connectivity index (χ3n) is 4.99. The van der Waals surface area contributed by atoms with Gasteiger partial charge in [-0.3, -0.25) is 15.0 Å². The summed E-state index contributed by atoms with van der Waals surface area (Å²) >= 11 is 0. The van der Waals surface area contributed by atoms with E-state index in [1.807, 2.05) is 24.4 Å². The van der Waals surface area contributed by atoms with Gasteiger partial charge in [0, 0.05) is 41.9 Å². The van der Waals surface area contributed by atoms with Crippen molar-refractivity contribution >= 4 is 22.7 Å². The van der Waals surface area contributed by atoms with Crippen LogP contribution in [0.5, 0.6) is 0 Å². The molecular formula is C19H22N4O.